The van der Waals surface area contributed by atoms with Crippen LogP contribution in [0.2, 0.25) is 0 Å². The number of nitriles is 1. The van der Waals surface area contributed by atoms with E-state index >= 15 is 0 Å². The molecular formula is C12H8F3N3. The van der Waals surface area contributed by atoms with Gasteiger partial charge in [0.25, 0.3) is 0 Å². The van der Waals surface area contributed by atoms with E-state index < -0.39 is 11.7 Å². The Bertz CT molecular complexity index is 593. The van der Waals surface area contributed by atoms with Crippen molar-refractivity contribution in [2.24, 2.45) is 0 Å². The summed E-state index contributed by atoms with van der Waals surface area (Å²) in [5.41, 5.74) is 0.107. The topological polar surface area (TPSA) is 41.6 Å². The van der Waals surface area contributed by atoms with Gasteiger partial charge in [0, 0.05) is 6.20 Å². The van der Waals surface area contributed by atoms with E-state index in [2.05, 4.69) is 5.10 Å². The Morgan fingerprint density at radius 3 is 2.72 bits per heavy atom. The van der Waals surface area contributed by atoms with Gasteiger partial charge in [-0.1, -0.05) is 6.07 Å². The van der Waals surface area contributed by atoms with Crippen LogP contribution in [-0.2, 0) is 12.6 Å². The molecule has 0 saturated carbocycles. The largest absolute Gasteiger partial charge is 0.416 e. The third-order valence-corrected chi connectivity index (χ3v) is 2.40. The fraction of sp³-hybridized carbons (Fsp3) is 0.167. The minimum absolute atomic E-state index is 0.0935. The zero-order valence-electron chi connectivity index (χ0n) is 9.15. The fourth-order valence-electron chi connectivity index (χ4n) is 1.59. The van der Waals surface area contributed by atoms with Crippen molar-refractivity contribution in [1.82, 2.24) is 9.78 Å². The molecule has 0 atom stereocenters. The predicted molar refractivity (Wildman–Crippen MR) is 57.9 cm³/mol. The minimum atomic E-state index is -4.39. The molecule has 92 valence electrons. The lowest BCUT2D eigenvalue weighted by Crippen LogP contribution is -2.07. The molecule has 2 rings (SSSR count). The van der Waals surface area contributed by atoms with Gasteiger partial charge in [0.2, 0.25) is 0 Å². The van der Waals surface area contributed by atoms with Crippen LogP contribution in [0.15, 0.2) is 36.5 Å². The number of alkyl halides is 3. The molecule has 0 unspecified atom stereocenters. The summed E-state index contributed by atoms with van der Waals surface area (Å²) in [5, 5.41) is 12.5. The molecule has 0 spiro atoms. The third kappa shape index (κ3) is 2.35. The molecule has 0 amide bonds. The van der Waals surface area contributed by atoms with E-state index in [9.17, 15) is 13.2 Å². The van der Waals surface area contributed by atoms with Crippen LogP contribution in [0.25, 0.3) is 5.69 Å². The molecular weight excluding hydrogens is 243 g/mol. The molecule has 6 heteroatoms. The number of hydrogen-bond acceptors (Lipinski definition) is 2. The molecule has 1 heterocycles. The van der Waals surface area contributed by atoms with Gasteiger partial charge in [0.1, 0.15) is 0 Å². The molecule has 18 heavy (non-hydrogen) atoms. The molecule has 1 aromatic heterocycles. The van der Waals surface area contributed by atoms with E-state index in [0.29, 0.717) is 11.4 Å². The van der Waals surface area contributed by atoms with Crippen molar-refractivity contribution in [2.75, 3.05) is 0 Å². The summed E-state index contributed by atoms with van der Waals surface area (Å²) in [6, 6.07) is 8.38. The number of benzene rings is 1. The van der Waals surface area contributed by atoms with Crippen LogP contribution in [0.5, 0.6) is 0 Å². The van der Waals surface area contributed by atoms with Gasteiger partial charge in [-0.05, 0) is 24.3 Å². The SMILES string of the molecule is N#CCc1ccnn1-c1cccc(C(F)(F)F)c1. The van der Waals surface area contributed by atoms with Crippen molar-refractivity contribution in [2.45, 2.75) is 12.6 Å². The van der Waals surface area contributed by atoms with Crippen molar-refractivity contribution >= 4 is 0 Å². The van der Waals surface area contributed by atoms with E-state index in [1.54, 1.807) is 6.07 Å². The highest BCUT2D eigenvalue weighted by molar-refractivity contribution is 5.38. The highest BCUT2D eigenvalue weighted by Crippen LogP contribution is 2.30. The Balaban J connectivity index is 2.46. The summed E-state index contributed by atoms with van der Waals surface area (Å²) in [6.45, 7) is 0. The number of rotatable bonds is 2. The zero-order chi connectivity index (χ0) is 13.2. The fourth-order valence-corrected chi connectivity index (χ4v) is 1.59. The monoisotopic (exact) mass is 251 g/mol. The number of nitrogens with zero attached hydrogens (tertiary/aromatic N) is 3. The van der Waals surface area contributed by atoms with Gasteiger partial charge in [0.05, 0.1) is 29.4 Å². The minimum Gasteiger partial charge on any atom is -0.237 e. The molecule has 3 nitrogen and oxygen atoms in total. The first-order valence-corrected chi connectivity index (χ1v) is 5.10. The first-order chi connectivity index (χ1) is 8.52. The van der Waals surface area contributed by atoms with Crippen molar-refractivity contribution in [3.63, 3.8) is 0 Å². The molecule has 1 aromatic carbocycles. The van der Waals surface area contributed by atoms with E-state index in [0.717, 1.165) is 12.1 Å². The van der Waals surface area contributed by atoms with Crippen LogP contribution in [0.1, 0.15) is 11.3 Å². The predicted octanol–water partition coefficient (Wildman–Crippen LogP) is 2.96. The summed E-state index contributed by atoms with van der Waals surface area (Å²) >= 11 is 0. The molecule has 0 bridgehead atoms. The maximum absolute atomic E-state index is 12.6. The van der Waals surface area contributed by atoms with Crippen LogP contribution < -0.4 is 0 Å². The standard InChI is InChI=1S/C12H8F3N3/c13-12(14,15)9-2-1-3-11(8-9)18-10(4-6-16)5-7-17-18/h1-3,5,7-8H,4H2. The van der Waals surface area contributed by atoms with Gasteiger partial charge >= 0.3 is 6.18 Å². The number of aromatic nitrogens is 2. The summed E-state index contributed by atoms with van der Waals surface area (Å²) in [5.74, 6) is 0. The summed E-state index contributed by atoms with van der Waals surface area (Å²) in [4.78, 5) is 0. The second-order valence-electron chi connectivity index (χ2n) is 3.62. The molecule has 0 aliphatic carbocycles. The third-order valence-electron chi connectivity index (χ3n) is 2.40. The lowest BCUT2D eigenvalue weighted by molar-refractivity contribution is -0.137. The van der Waals surface area contributed by atoms with Gasteiger partial charge in [-0.3, -0.25) is 0 Å². The molecule has 0 aliphatic heterocycles. The van der Waals surface area contributed by atoms with Gasteiger partial charge in [-0.2, -0.15) is 23.5 Å². The normalized spacial score (nSPS) is 11.2. The molecule has 0 radical (unpaired) electrons. The van der Waals surface area contributed by atoms with E-state index in [4.69, 9.17) is 5.26 Å². The molecule has 0 aliphatic rings. The summed E-state index contributed by atoms with van der Waals surface area (Å²) in [6.07, 6.45) is -2.85. The summed E-state index contributed by atoms with van der Waals surface area (Å²) in [7, 11) is 0. The first-order valence-electron chi connectivity index (χ1n) is 5.10. The smallest absolute Gasteiger partial charge is 0.237 e. The van der Waals surface area contributed by atoms with Crippen LogP contribution in [-0.4, -0.2) is 9.78 Å². The lowest BCUT2D eigenvalue weighted by atomic mass is 10.2. The number of halogens is 3. The zero-order valence-corrected chi connectivity index (χ0v) is 9.15. The second-order valence-corrected chi connectivity index (χ2v) is 3.62. The van der Waals surface area contributed by atoms with E-state index in [1.807, 2.05) is 6.07 Å². The van der Waals surface area contributed by atoms with Crippen LogP contribution in [0, 0.1) is 11.3 Å². The van der Waals surface area contributed by atoms with Crippen molar-refractivity contribution in [1.29, 1.82) is 5.26 Å². The van der Waals surface area contributed by atoms with Crippen LogP contribution >= 0.6 is 0 Å². The van der Waals surface area contributed by atoms with Crippen LogP contribution in [0.4, 0.5) is 13.2 Å². The van der Waals surface area contributed by atoms with Gasteiger partial charge < -0.3 is 0 Å². The first kappa shape index (κ1) is 12.2. The number of hydrogen-bond donors (Lipinski definition) is 0. The van der Waals surface area contributed by atoms with Crippen molar-refractivity contribution in [3.05, 3.63) is 47.8 Å². The highest BCUT2D eigenvalue weighted by Gasteiger charge is 2.30. The lowest BCUT2D eigenvalue weighted by Gasteiger charge is -2.10. The summed E-state index contributed by atoms with van der Waals surface area (Å²) < 4.78 is 39.1. The Morgan fingerprint density at radius 2 is 2.06 bits per heavy atom. The van der Waals surface area contributed by atoms with Crippen molar-refractivity contribution in [3.8, 4) is 11.8 Å². The van der Waals surface area contributed by atoms with E-state index in [1.165, 1.54) is 23.0 Å². The Labute approximate surface area is 101 Å². The van der Waals surface area contributed by atoms with Gasteiger partial charge in [0.15, 0.2) is 0 Å². The van der Waals surface area contributed by atoms with E-state index in [-0.39, 0.29) is 6.42 Å². The maximum atomic E-state index is 12.6. The van der Waals surface area contributed by atoms with Crippen LogP contribution in [0.3, 0.4) is 0 Å². The molecule has 0 saturated heterocycles. The Morgan fingerprint density at radius 1 is 1.28 bits per heavy atom. The molecule has 0 N–H and O–H groups in total. The second kappa shape index (κ2) is 4.53. The average molecular weight is 251 g/mol. The average Bonchev–Trinajstić information content (AvgIpc) is 2.77. The van der Waals surface area contributed by atoms with Gasteiger partial charge in [-0.15, -0.1) is 0 Å². The van der Waals surface area contributed by atoms with Gasteiger partial charge in [-0.25, -0.2) is 4.68 Å². The quantitative estimate of drug-likeness (QED) is 0.823. The Kier molecular flexibility index (Phi) is 3.06. The molecule has 0 fully saturated rings. The molecule has 2 aromatic rings. The highest BCUT2D eigenvalue weighted by atomic mass is 19.4. The van der Waals surface area contributed by atoms with Crippen molar-refractivity contribution < 1.29 is 13.2 Å². The Hall–Kier alpha value is -2.29. The maximum Gasteiger partial charge on any atom is 0.416 e.